The van der Waals surface area contributed by atoms with E-state index in [0.29, 0.717) is 22.0 Å². The molecule has 0 saturated carbocycles. The minimum atomic E-state index is -0.559. The number of carbonyl (C=O) groups is 2. The van der Waals surface area contributed by atoms with Crippen molar-refractivity contribution in [2.24, 2.45) is 0 Å². The van der Waals surface area contributed by atoms with E-state index in [4.69, 9.17) is 5.73 Å². The lowest BCUT2D eigenvalue weighted by molar-refractivity contribution is -0.736. The van der Waals surface area contributed by atoms with E-state index in [1.54, 1.807) is 12.1 Å². The molecule has 1 aromatic carbocycles. The monoisotopic (exact) mass is 302 g/mol. The average Bonchev–Trinajstić information content (AvgIpc) is 2.83. The molecule has 0 bridgehead atoms. The van der Waals surface area contributed by atoms with Crippen LogP contribution in [0.25, 0.3) is 5.69 Å². The number of hydrogen-bond acceptors (Lipinski definition) is 6. The van der Waals surface area contributed by atoms with Crippen LogP contribution in [0.4, 0.5) is 11.5 Å². The van der Waals surface area contributed by atoms with Gasteiger partial charge in [0.05, 0.1) is 22.7 Å². The molecular formula is C13H12N5O4+. The van der Waals surface area contributed by atoms with Crippen LogP contribution in [0.1, 0.15) is 16.1 Å². The zero-order chi connectivity index (χ0) is 15.9. The second-order valence-electron chi connectivity index (χ2n) is 4.63. The predicted molar refractivity (Wildman–Crippen MR) is 74.5 cm³/mol. The normalized spacial score (nSPS) is 13.5. The van der Waals surface area contributed by atoms with Gasteiger partial charge in [-0.2, -0.15) is 5.10 Å². The van der Waals surface area contributed by atoms with Crippen LogP contribution in [0.3, 0.4) is 0 Å². The van der Waals surface area contributed by atoms with Crippen molar-refractivity contribution in [3.63, 3.8) is 0 Å². The summed E-state index contributed by atoms with van der Waals surface area (Å²) >= 11 is 0. The summed E-state index contributed by atoms with van der Waals surface area (Å²) in [4.78, 5) is 39.4. The Morgan fingerprint density at radius 1 is 1.32 bits per heavy atom. The van der Waals surface area contributed by atoms with Crippen LogP contribution in [0.15, 0.2) is 24.3 Å². The number of nitrogens with one attached hydrogen (secondary N) is 1. The molecule has 9 nitrogen and oxygen atoms in total. The summed E-state index contributed by atoms with van der Waals surface area (Å²) in [6.45, 7) is 0. The Morgan fingerprint density at radius 2 is 2.00 bits per heavy atom. The molecule has 22 heavy (non-hydrogen) atoms. The highest BCUT2D eigenvalue weighted by Crippen LogP contribution is 2.25. The molecule has 9 heteroatoms. The minimum absolute atomic E-state index is 0.00559. The number of fused-ring (bicyclic) bond motifs is 1. The Kier molecular flexibility index (Phi) is 3.09. The SMILES string of the molecule is CO[N+](=O)c1ccc(-n2nc3c(c2N)C(=O)NC(=O)C3)cc1. The maximum absolute atomic E-state index is 11.8. The smallest absolute Gasteiger partial charge is 0.316 e. The van der Waals surface area contributed by atoms with Gasteiger partial charge in [0.2, 0.25) is 5.91 Å². The van der Waals surface area contributed by atoms with E-state index in [9.17, 15) is 14.5 Å². The second kappa shape index (κ2) is 4.95. The summed E-state index contributed by atoms with van der Waals surface area (Å²) in [5, 5.41) is 6.40. The zero-order valence-corrected chi connectivity index (χ0v) is 11.6. The molecule has 0 atom stereocenters. The summed E-state index contributed by atoms with van der Waals surface area (Å²) in [5.74, 6) is -0.838. The maximum atomic E-state index is 11.8. The fraction of sp³-hybridized carbons (Fsp3) is 0.154. The summed E-state index contributed by atoms with van der Waals surface area (Å²) < 4.78 is 1.36. The highest BCUT2D eigenvalue weighted by atomic mass is 16.8. The average molecular weight is 302 g/mol. The molecule has 0 radical (unpaired) electrons. The lowest BCUT2D eigenvalue weighted by Crippen LogP contribution is -2.37. The van der Waals surface area contributed by atoms with Gasteiger partial charge in [-0.05, 0) is 12.1 Å². The topological polar surface area (TPSA) is 119 Å². The first-order chi connectivity index (χ1) is 10.5. The first kappa shape index (κ1) is 13.7. The molecule has 1 aliphatic rings. The van der Waals surface area contributed by atoms with Gasteiger partial charge in [-0.1, -0.05) is 0 Å². The number of rotatable bonds is 3. The summed E-state index contributed by atoms with van der Waals surface area (Å²) in [6.07, 6.45) is -0.00559. The van der Waals surface area contributed by atoms with Gasteiger partial charge in [0, 0.05) is 12.1 Å². The Morgan fingerprint density at radius 3 is 2.64 bits per heavy atom. The molecule has 2 amide bonds. The van der Waals surface area contributed by atoms with Crippen LogP contribution in [0.2, 0.25) is 0 Å². The molecule has 112 valence electrons. The van der Waals surface area contributed by atoms with Gasteiger partial charge in [0.25, 0.3) is 10.8 Å². The van der Waals surface area contributed by atoms with E-state index in [1.807, 2.05) is 0 Å². The quantitative estimate of drug-likeness (QED) is 0.619. The lowest BCUT2D eigenvalue weighted by atomic mass is 10.1. The van der Waals surface area contributed by atoms with Crippen molar-refractivity contribution >= 4 is 23.3 Å². The molecular weight excluding hydrogens is 290 g/mol. The van der Waals surface area contributed by atoms with E-state index in [2.05, 4.69) is 15.3 Å². The molecule has 0 fully saturated rings. The van der Waals surface area contributed by atoms with Gasteiger partial charge >= 0.3 is 5.69 Å². The number of aromatic nitrogens is 2. The third-order valence-electron chi connectivity index (χ3n) is 3.27. The molecule has 1 aromatic heterocycles. The van der Waals surface area contributed by atoms with Crippen LogP contribution >= 0.6 is 0 Å². The van der Waals surface area contributed by atoms with Crippen LogP contribution in [0, 0.1) is 4.91 Å². The Bertz CT molecular complexity index is 794. The van der Waals surface area contributed by atoms with Crippen LogP contribution < -0.4 is 11.1 Å². The van der Waals surface area contributed by atoms with Gasteiger partial charge in [-0.15, -0.1) is 0 Å². The van der Waals surface area contributed by atoms with Crippen molar-refractivity contribution in [3.8, 4) is 5.69 Å². The molecule has 1 aliphatic heterocycles. The van der Waals surface area contributed by atoms with Crippen molar-refractivity contribution in [3.05, 3.63) is 40.4 Å². The molecule has 3 N–H and O–H groups in total. The fourth-order valence-corrected chi connectivity index (χ4v) is 2.25. The van der Waals surface area contributed by atoms with E-state index in [-0.39, 0.29) is 17.8 Å². The summed E-state index contributed by atoms with van der Waals surface area (Å²) in [6, 6.07) is 6.26. The number of amides is 2. The van der Waals surface area contributed by atoms with E-state index < -0.39 is 11.8 Å². The summed E-state index contributed by atoms with van der Waals surface area (Å²) in [7, 11) is 1.26. The van der Waals surface area contributed by atoms with E-state index in [1.165, 1.54) is 23.9 Å². The highest BCUT2D eigenvalue weighted by Gasteiger charge is 2.30. The molecule has 0 aliphatic carbocycles. The van der Waals surface area contributed by atoms with Crippen LogP contribution in [-0.4, -0.2) is 33.6 Å². The van der Waals surface area contributed by atoms with Crippen molar-refractivity contribution in [2.75, 3.05) is 12.8 Å². The Balaban J connectivity index is 2.03. The summed E-state index contributed by atoms with van der Waals surface area (Å²) in [5.41, 5.74) is 7.34. The third-order valence-corrected chi connectivity index (χ3v) is 3.27. The number of anilines is 1. The number of nitrogen functional groups attached to an aromatic ring is 1. The van der Waals surface area contributed by atoms with Crippen molar-refractivity contribution < 1.29 is 19.3 Å². The van der Waals surface area contributed by atoms with E-state index >= 15 is 0 Å². The first-order valence-electron chi connectivity index (χ1n) is 6.34. The number of carbonyl (C=O) groups excluding carboxylic acids is 2. The largest absolute Gasteiger partial charge is 0.383 e. The Labute approximate surface area is 124 Å². The van der Waals surface area contributed by atoms with Crippen LogP contribution in [-0.2, 0) is 16.1 Å². The molecule has 2 heterocycles. The standard InChI is InChI=1S/C13H11N5O4/c1-22-18(21)8-4-2-7(3-5-8)17-12(14)11-9(16-17)6-10(19)15-13(11)20/h2-5H,6H2,1H3,(H2-,14,15,16,19,20)/p+1. The number of nitrogens with two attached hydrogens (primary N) is 1. The zero-order valence-electron chi connectivity index (χ0n) is 11.6. The van der Waals surface area contributed by atoms with Crippen molar-refractivity contribution in [2.45, 2.75) is 6.42 Å². The third kappa shape index (κ3) is 2.08. The lowest BCUT2D eigenvalue weighted by Gasteiger charge is -2.09. The molecule has 3 rings (SSSR count). The van der Waals surface area contributed by atoms with E-state index in [0.717, 1.165) is 0 Å². The second-order valence-corrected chi connectivity index (χ2v) is 4.63. The van der Waals surface area contributed by atoms with Crippen molar-refractivity contribution in [1.29, 1.82) is 0 Å². The predicted octanol–water partition coefficient (Wildman–Crippen LogP) is 0.239. The number of nitrogens with zero attached hydrogens (tertiary/aromatic N) is 3. The molecule has 0 spiro atoms. The highest BCUT2D eigenvalue weighted by molar-refractivity contribution is 6.11. The fourth-order valence-electron chi connectivity index (χ4n) is 2.25. The van der Waals surface area contributed by atoms with Crippen LogP contribution in [0.5, 0.6) is 0 Å². The number of benzene rings is 1. The maximum Gasteiger partial charge on any atom is 0.316 e. The minimum Gasteiger partial charge on any atom is -0.383 e. The molecule has 0 unspecified atom stereocenters. The number of hydrogen-bond donors (Lipinski definition) is 2. The van der Waals surface area contributed by atoms with Gasteiger partial charge < -0.3 is 5.73 Å². The van der Waals surface area contributed by atoms with Crippen molar-refractivity contribution in [1.82, 2.24) is 15.1 Å². The molecule has 2 aromatic rings. The van der Waals surface area contributed by atoms with Gasteiger partial charge in [0.1, 0.15) is 11.4 Å². The molecule has 0 saturated heterocycles. The first-order valence-corrected chi connectivity index (χ1v) is 6.34. The Hall–Kier alpha value is -3.23. The number of imide groups is 1. The van der Waals surface area contributed by atoms with Gasteiger partial charge in [-0.25, -0.2) is 9.52 Å². The van der Waals surface area contributed by atoms with Gasteiger partial charge in [0.15, 0.2) is 7.11 Å². The van der Waals surface area contributed by atoms with Gasteiger partial charge in [-0.3, -0.25) is 14.9 Å².